The van der Waals surface area contributed by atoms with E-state index >= 15 is 0 Å². The highest BCUT2D eigenvalue weighted by Gasteiger charge is 2.30. The van der Waals surface area contributed by atoms with Gasteiger partial charge in [0.05, 0.1) is 38.2 Å². The Kier molecular flexibility index (Phi) is 6.19. The Morgan fingerprint density at radius 2 is 1.74 bits per heavy atom. The average molecular weight is 390 g/mol. The maximum Gasteiger partial charge on any atom is 0.243 e. The van der Waals surface area contributed by atoms with Crippen LogP contribution in [0.5, 0.6) is 5.75 Å². The number of hydrogen-bond donors (Lipinski definition) is 1. The third-order valence-electron chi connectivity index (χ3n) is 5.20. The summed E-state index contributed by atoms with van der Waals surface area (Å²) in [7, 11) is -1.74. The number of nitrogens with zero attached hydrogens (tertiary/aromatic N) is 1. The Labute approximate surface area is 162 Å². The molecule has 3 rings (SSSR count). The first kappa shape index (κ1) is 19.9. The lowest BCUT2D eigenvalue weighted by atomic mass is 10.0. The molecule has 1 heterocycles. The molecule has 0 radical (unpaired) electrons. The quantitative estimate of drug-likeness (QED) is 0.821. The molecule has 0 saturated carbocycles. The van der Waals surface area contributed by atoms with Crippen LogP contribution >= 0.6 is 0 Å². The minimum absolute atomic E-state index is 0.392. The fourth-order valence-electron chi connectivity index (χ4n) is 3.46. The molecular weight excluding hydrogens is 360 g/mol. The second-order valence-corrected chi connectivity index (χ2v) is 9.34. The van der Waals surface area contributed by atoms with E-state index in [0.717, 1.165) is 30.9 Å². The van der Waals surface area contributed by atoms with Crippen LogP contribution in [0.3, 0.4) is 0 Å². The van der Waals surface area contributed by atoms with Crippen LogP contribution in [0, 0.1) is 0 Å². The van der Waals surface area contributed by atoms with Crippen LogP contribution in [0.25, 0.3) is 0 Å². The number of rotatable bonds is 6. The summed E-state index contributed by atoms with van der Waals surface area (Å²) in [5.74, 6) is 1.25. The lowest BCUT2D eigenvalue weighted by molar-refractivity contribution is -0.917. The van der Waals surface area contributed by atoms with E-state index in [1.165, 1.54) is 10.5 Å². The number of ether oxygens (including phenoxy) is 1. The average Bonchev–Trinajstić information content (AvgIpc) is 2.68. The summed E-state index contributed by atoms with van der Waals surface area (Å²) in [4.78, 5) is 1.79. The Morgan fingerprint density at radius 1 is 1.07 bits per heavy atom. The van der Waals surface area contributed by atoms with Crippen molar-refractivity contribution in [2.75, 3.05) is 33.3 Å². The lowest BCUT2D eigenvalue weighted by Crippen LogP contribution is -3.13. The third-order valence-corrected chi connectivity index (χ3v) is 7.12. The zero-order valence-corrected chi connectivity index (χ0v) is 17.1. The Bertz CT molecular complexity index is 855. The topological polar surface area (TPSA) is 51.1 Å². The predicted molar refractivity (Wildman–Crippen MR) is 107 cm³/mol. The van der Waals surface area contributed by atoms with Crippen molar-refractivity contribution in [1.82, 2.24) is 4.31 Å². The standard InChI is InChI=1S/C21H28N2O3S/c1-17(2)19-7-9-21(10-8-19)27(24,25)23-13-11-22(12-14-23)16-18-5-4-6-20(15-18)26-3/h4-10,15,17H,11-14,16H2,1-3H3/p+1. The highest BCUT2D eigenvalue weighted by atomic mass is 32.2. The maximum absolute atomic E-state index is 12.9. The first-order valence-corrected chi connectivity index (χ1v) is 10.9. The summed E-state index contributed by atoms with van der Waals surface area (Å²) in [5, 5.41) is 0. The molecule has 2 aromatic rings. The van der Waals surface area contributed by atoms with Gasteiger partial charge in [0, 0.05) is 5.56 Å². The fourth-order valence-corrected chi connectivity index (χ4v) is 4.91. The van der Waals surface area contributed by atoms with Gasteiger partial charge in [-0.3, -0.25) is 0 Å². The predicted octanol–water partition coefficient (Wildman–Crippen LogP) is 1.91. The molecule has 0 aromatic heterocycles. The van der Waals surface area contributed by atoms with Gasteiger partial charge >= 0.3 is 0 Å². The van der Waals surface area contributed by atoms with Crippen molar-refractivity contribution in [1.29, 1.82) is 0 Å². The number of hydrogen-bond acceptors (Lipinski definition) is 3. The van der Waals surface area contributed by atoms with E-state index in [2.05, 4.69) is 19.9 Å². The molecule has 0 spiro atoms. The van der Waals surface area contributed by atoms with Gasteiger partial charge in [-0.15, -0.1) is 0 Å². The molecule has 0 aliphatic carbocycles. The van der Waals surface area contributed by atoms with Gasteiger partial charge in [-0.2, -0.15) is 4.31 Å². The van der Waals surface area contributed by atoms with Crippen LogP contribution in [0.4, 0.5) is 0 Å². The molecule has 0 amide bonds. The number of methoxy groups -OCH3 is 1. The highest BCUT2D eigenvalue weighted by molar-refractivity contribution is 7.89. The first-order chi connectivity index (χ1) is 12.9. The van der Waals surface area contributed by atoms with Gasteiger partial charge in [0.15, 0.2) is 0 Å². The van der Waals surface area contributed by atoms with E-state index < -0.39 is 10.0 Å². The summed E-state index contributed by atoms with van der Waals surface area (Å²) in [5.41, 5.74) is 2.37. The molecule has 0 unspecified atom stereocenters. The van der Waals surface area contributed by atoms with E-state index in [0.29, 0.717) is 23.9 Å². The van der Waals surface area contributed by atoms with Crippen molar-refractivity contribution >= 4 is 10.0 Å². The minimum atomic E-state index is -3.41. The van der Waals surface area contributed by atoms with Gasteiger partial charge < -0.3 is 9.64 Å². The van der Waals surface area contributed by atoms with E-state index in [-0.39, 0.29) is 0 Å². The number of sulfonamides is 1. The van der Waals surface area contributed by atoms with E-state index in [4.69, 9.17) is 4.74 Å². The van der Waals surface area contributed by atoms with Crippen molar-refractivity contribution in [3.63, 3.8) is 0 Å². The molecule has 146 valence electrons. The normalized spacial score (nSPS) is 16.6. The Balaban J connectivity index is 1.62. The van der Waals surface area contributed by atoms with Gasteiger partial charge in [0.1, 0.15) is 12.3 Å². The molecular formula is C21H29N2O3S+. The van der Waals surface area contributed by atoms with Gasteiger partial charge in [-0.25, -0.2) is 8.42 Å². The van der Waals surface area contributed by atoms with Gasteiger partial charge in [-0.05, 0) is 35.7 Å². The van der Waals surface area contributed by atoms with Crippen LogP contribution in [0.1, 0.15) is 30.9 Å². The molecule has 2 aromatic carbocycles. The molecule has 27 heavy (non-hydrogen) atoms. The van der Waals surface area contributed by atoms with Crippen LogP contribution in [-0.2, 0) is 16.6 Å². The molecule has 6 heteroatoms. The summed E-state index contributed by atoms with van der Waals surface area (Å²) >= 11 is 0. The molecule has 0 bridgehead atoms. The number of benzene rings is 2. The molecule has 5 nitrogen and oxygen atoms in total. The van der Waals surface area contributed by atoms with E-state index in [1.54, 1.807) is 23.5 Å². The van der Waals surface area contributed by atoms with Gasteiger partial charge in [-0.1, -0.05) is 38.1 Å². The third kappa shape index (κ3) is 4.69. The maximum atomic E-state index is 12.9. The van der Waals surface area contributed by atoms with Crippen LogP contribution in [0.15, 0.2) is 53.4 Å². The highest BCUT2D eigenvalue weighted by Crippen LogP contribution is 2.20. The second kappa shape index (κ2) is 8.42. The van der Waals surface area contributed by atoms with Crippen LogP contribution < -0.4 is 9.64 Å². The van der Waals surface area contributed by atoms with Crippen molar-refractivity contribution in [3.05, 3.63) is 59.7 Å². The van der Waals surface area contributed by atoms with Crippen LogP contribution in [-0.4, -0.2) is 46.0 Å². The lowest BCUT2D eigenvalue weighted by Gasteiger charge is -2.31. The van der Waals surface area contributed by atoms with E-state index in [9.17, 15) is 8.42 Å². The second-order valence-electron chi connectivity index (χ2n) is 7.41. The summed E-state index contributed by atoms with van der Waals surface area (Å²) < 4.78 is 32.7. The van der Waals surface area contributed by atoms with Gasteiger partial charge in [0.2, 0.25) is 10.0 Å². The molecule has 1 saturated heterocycles. The van der Waals surface area contributed by atoms with Crippen LogP contribution in [0.2, 0.25) is 0 Å². The zero-order chi connectivity index (χ0) is 19.4. The summed E-state index contributed by atoms with van der Waals surface area (Å²) in [6, 6.07) is 15.4. The largest absolute Gasteiger partial charge is 0.497 e. The van der Waals surface area contributed by atoms with Crippen molar-refractivity contribution in [2.45, 2.75) is 31.2 Å². The summed E-state index contributed by atoms with van der Waals surface area (Å²) in [6.45, 7) is 7.80. The molecule has 1 aliphatic rings. The SMILES string of the molecule is COc1cccc(C[NH+]2CCN(S(=O)(=O)c3ccc(C(C)C)cc3)CC2)c1. The number of quaternary nitrogens is 1. The fraction of sp³-hybridized carbons (Fsp3) is 0.429. The Morgan fingerprint density at radius 3 is 2.33 bits per heavy atom. The van der Waals surface area contributed by atoms with Crippen molar-refractivity contribution in [3.8, 4) is 5.75 Å². The first-order valence-electron chi connectivity index (χ1n) is 9.47. The molecule has 1 N–H and O–H groups in total. The van der Waals surface area contributed by atoms with Crippen molar-refractivity contribution in [2.24, 2.45) is 0 Å². The molecule has 1 aliphatic heterocycles. The molecule has 0 atom stereocenters. The monoisotopic (exact) mass is 389 g/mol. The van der Waals surface area contributed by atoms with Gasteiger partial charge in [0.25, 0.3) is 0 Å². The number of nitrogens with one attached hydrogen (secondary N) is 1. The number of piperazine rings is 1. The minimum Gasteiger partial charge on any atom is -0.497 e. The van der Waals surface area contributed by atoms with Crippen molar-refractivity contribution < 1.29 is 18.1 Å². The zero-order valence-electron chi connectivity index (χ0n) is 16.3. The Hall–Kier alpha value is -1.89. The van der Waals surface area contributed by atoms with E-state index in [1.807, 2.05) is 30.3 Å². The summed E-state index contributed by atoms with van der Waals surface area (Å²) in [6.07, 6.45) is 0. The smallest absolute Gasteiger partial charge is 0.243 e. The molecule has 1 fully saturated rings.